The van der Waals surface area contributed by atoms with Crippen LogP contribution >= 0.6 is 0 Å². The second kappa shape index (κ2) is 9.74. The minimum absolute atomic E-state index is 0.108. The van der Waals surface area contributed by atoms with Gasteiger partial charge in [-0.05, 0) is 32.0 Å². The number of aliphatic hydroxyl groups excluding tert-OH is 1. The third kappa shape index (κ3) is 6.16. The Kier molecular flexibility index (Phi) is 7.36. The quantitative estimate of drug-likeness (QED) is 0.363. The lowest BCUT2D eigenvalue weighted by molar-refractivity contribution is -0.402. The minimum atomic E-state index is -0.618. The number of urea groups is 1. The summed E-state index contributed by atoms with van der Waals surface area (Å²) in [7, 11) is 0. The summed E-state index contributed by atoms with van der Waals surface area (Å²) in [5, 5.41) is 25.9. The number of rotatable bonds is 8. The predicted molar refractivity (Wildman–Crippen MR) is 90.4 cm³/mol. The highest BCUT2D eigenvalue weighted by atomic mass is 16.6. The van der Waals surface area contributed by atoms with Crippen LogP contribution in [0.2, 0.25) is 0 Å². The summed E-state index contributed by atoms with van der Waals surface area (Å²) in [5.74, 6) is -0.114. The maximum atomic E-state index is 11.6. The van der Waals surface area contributed by atoms with E-state index < -0.39 is 11.0 Å². The molecule has 1 saturated heterocycles. The molecule has 0 aromatic carbocycles. The summed E-state index contributed by atoms with van der Waals surface area (Å²) in [6.45, 7) is 2.68. The Bertz CT molecular complexity index is 609. The molecule has 1 aliphatic rings. The first-order chi connectivity index (χ1) is 12.1. The van der Waals surface area contributed by atoms with E-state index in [4.69, 9.17) is 9.52 Å². The van der Waals surface area contributed by atoms with Gasteiger partial charge in [-0.25, -0.2) is 10.2 Å². The monoisotopic (exact) mass is 353 g/mol. The van der Waals surface area contributed by atoms with Gasteiger partial charge in [-0.1, -0.05) is 6.42 Å². The fraction of sp³-hybridized carbons (Fsp3) is 0.600. The highest BCUT2D eigenvalue weighted by Crippen LogP contribution is 2.18. The molecule has 0 unspecified atom stereocenters. The van der Waals surface area contributed by atoms with Crippen LogP contribution in [0.25, 0.3) is 0 Å². The molecule has 2 heterocycles. The lowest BCUT2D eigenvalue weighted by Crippen LogP contribution is -2.35. The largest absolute Gasteiger partial charge is 0.433 e. The van der Waals surface area contributed by atoms with Crippen LogP contribution in [0, 0.1) is 10.1 Å². The zero-order chi connectivity index (χ0) is 18.1. The molecule has 0 saturated carbocycles. The summed E-state index contributed by atoms with van der Waals surface area (Å²) in [4.78, 5) is 24.0. The van der Waals surface area contributed by atoms with Crippen LogP contribution in [0.4, 0.5) is 10.7 Å². The van der Waals surface area contributed by atoms with Crippen molar-refractivity contribution in [1.29, 1.82) is 0 Å². The van der Waals surface area contributed by atoms with Crippen LogP contribution in [0.5, 0.6) is 0 Å². The number of nitrogens with one attached hydrogen (secondary N) is 2. The van der Waals surface area contributed by atoms with Gasteiger partial charge < -0.3 is 19.7 Å². The van der Waals surface area contributed by atoms with Gasteiger partial charge in [-0.3, -0.25) is 10.1 Å². The normalized spacial score (nSPS) is 15.8. The Morgan fingerprint density at radius 3 is 2.76 bits per heavy atom. The number of nitro groups is 1. The second-order valence-electron chi connectivity index (χ2n) is 5.70. The highest BCUT2D eigenvalue weighted by molar-refractivity contribution is 5.99. The van der Waals surface area contributed by atoms with Crippen LogP contribution in [0.15, 0.2) is 21.7 Å². The van der Waals surface area contributed by atoms with Gasteiger partial charge in [0.15, 0.2) is 5.76 Å². The van der Waals surface area contributed by atoms with Gasteiger partial charge in [-0.15, -0.1) is 0 Å². The Labute approximate surface area is 145 Å². The molecule has 2 amide bonds. The molecular weight excluding hydrogens is 330 g/mol. The Morgan fingerprint density at radius 2 is 2.12 bits per heavy atom. The van der Waals surface area contributed by atoms with Gasteiger partial charge in [0.2, 0.25) is 0 Å². The van der Waals surface area contributed by atoms with E-state index >= 15 is 0 Å². The number of amides is 2. The van der Waals surface area contributed by atoms with Gasteiger partial charge in [0.05, 0.1) is 12.7 Å². The summed E-state index contributed by atoms with van der Waals surface area (Å²) < 4.78 is 5.20. The van der Waals surface area contributed by atoms with E-state index in [2.05, 4.69) is 20.7 Å². The lowest BCUT2D eigenvalue weighted by atomic mass is 10.1. The molecule has 10 heteroatoms. The maximum absolute atomic E-state index is 11.6. The van der Waals surface area contributed by atoms with Crippen LogP contribution in [-0.2, 0) is 0 Å². The van der Waals surface area contributed by atoms with Crippen molar-refractivity contribution in [3.05, 3.63) is 28.0 Å². The lowest BCUT2D eigenvalue weighted by Gasteiger charge is -2.26. The fourth-order valence-electron chi connectivity index (χ4n) is 2.59. The Hall–Kier alpha value is -2.46. The van der Waals surface area contributed by atoms with Crippen molar-refractivity contribution >= 4 is 17.6 Å². The molecule has 1 fully saturated rings. The SMILES string of the molecule is O=C(NCCO)N/N=C(/CCN1CCCCC1)c1ccc([N+](=O)[O-])o1. The summed E-state index contributed by atoms with van der Waals surface area (Å²) in [6, 6.07) is 2.17. The molecule has 1 aromatic heterocycles. The van der Waals surface area contributed by atoms with Crippen LogP contribution in [-0.4, -0.2) is 59.5 Å². The van der Waals surface area contributed by atoms with Gasteiger partial charge in [0.1, 0.15) is 10.6 Å². The zero-order valence-electron chi connectivity index (χ0n) is 13.9. The minimum Gasteiger partial charge on any atom is -0.399 e. The summed E-state index contributed by atoms with van der Waals surface area (Å²) in [6.07, 6.45) is 4.03. The summed E-state index contributed by atoms with van der Waals surface area (Å²) >= 11 is 0. The number of hydrazone groups is 1. The van der Waals surface area contributed by atoms with Crippen molar-refractivity contribution in [3.63, 3.8) is 0 Å². The molecular formula is C15H23N5O5. The van der Waals surface area contributed by atoms with Crippen LogP contribution in [0.1, 0.15) is 31.4 Å². The van der Waals surface area contributed by atoms with E-state index in [0.29, 0.717) is 12.1 Å². The number of aliphatic hydroxyl groups is 1. The van der Waals surface area contributed by atoms with E-state index in [1.165, 1.54) is 18.6 Å². The van der Waals surface area contributed by atoms with Crippen molar-refractivity contribution in [2.45, 2.75) is 25.7 Å². The zero-order valence-corrected chi connectivity index (χ0v) is 13.9. The number of furan rings is 1. The van der Waals surface area contributed by atoms with Crippen molar-refractivity contribution < 1.29 is 19.2 Å². The molecule has 1 aromatic rings. The van der Waals surface area contributed by atoms with Gasteiger partial charge in [-0.2, -0.15) is 5.10 Å². The molecule has 10 nitrogen and oxygen atoms in total. The number of carbonyl (C=O) groups excluding carboxylic acids is 1. The van der Waals surface area contributed by atoms with E-state index in [1.807, 2.05) is 0 Å². The van der Waals surface area contributed by atoms with Crippen LogP contribution in [0.3, 0.4) is 0 Å². The van der Waals surface area contributed by atoms with E-state index in [-0.39, 0.29) is 24.8 Å². The van der Waals surface area contributed by atoms with Gasteiger partial charge >= 0.3 is 11.9 Å². The molecule has 0 aliphatic carbocycles. The van der Waals surface area contributed by atoms with Crippen LogP contribution < -0.4 is 10.7 Å². The first kappa shape index (κ1) is 18.9. The molecule has 138 valence electrons. The summed E-state index contributed by atoms with van der Waals surface area (Å²) in [5.41, 5.74) is 2.75. The number of piperidine rings is 1. The number of nitrogens with zero attached hydrogens (tertiary/aromatic N) is 3. The molecule has 0 bridgehead atoms. The number of hydrogen-bond acceptors (Lipinski definition) is 7. The third-order valence-corrected chi connectivity index (χ3v) is 3.86. The number of likely N-dealkylation sites (tertiary alicyclic amines) is 1. The average Bonchev–Trinajstić information content (AvgIpc) is 3.11. The molecule has 25 heavy (non-hydrogen) atoms. The molecule has 0 atom stereocenters. The third-order valence-electron chi connectivity index (χ3n) is 3.86. The van der Waals surface area contributed by atoms with Crippen molar-refractivity contribution in [2.75, 3.05) is 32.8 Å². The van der Waals surface area contributed by atoms with Crippen molar-refractivity contribution in [2.24, 2.45) is 5.10 Å². The Morgan fingerprint density at radius 1 is 1.36 bits per heavy atom. The molecule has 0 radical (unpaired) electrons. The van der Waals surface area contributed by atoms with E-state index in [9.17, 15) is 14.9 Å². The number of carbonyl (C=O) groups is 1. The standard InChI is InChI=1S/C15H23N5O5/c21-11-7-16-15(22)18-17-12(6-10-19-8-2-1-3-9-19)13-4-5-14(25-13)20(23)24/h4-5,21H,1-3,6-11H2,(H2,16,18,22)/b17-12-. The highest BCUT2D eigenvalue weighted by Gasteiger charge is 2.18. The van der Waals surface area contributed by atoms with Gasteiger partial charge in [0, 0.05) is 19.5 Å². The molecule has 1 aliphatic heterocycles. The van der Waals surface area contributed by atoms with Crippen molar-refractivity contribution in [1.82, 2.24) is 15.6 Å². The van der Waals surface area contributed by atoms with E-state index in [1.54, 1.807) is 0 Å². The van der Waals surface area contributed by atoms with Crippen molar-refractivity contribution in [3.8, 4) is 0 Å². The topological polar surface area (TPSA) is 133 Å². The number of hydrogen-bond donors (Lipinski definition) is 3. The maximum Gasteiger partial charge on any atom is 0.433 e. The first-order valence-corrected chi connectivity index (χ1v) is 8.28. The molecule has 0 spiro atoms. The fourth-order valence-corrected chi connectivity index (χ4v) is 2.59. The second-order valence-corrected chi connectivity index (χ2v) is 5.70. The molecule has 2 rings (SSSR count). The smallest absolute Gasteiger partial charge is 0.399 e. The Balaban J connectivity index is 2.03. The van der Waals surface area contributed by atoms with E-state index in [0.717, 1.165) is 32.5 Å². The van der Waals surface area contributed by atoms with Gasteiger partial charge in [0.25, 0.3) is 0 Å². The average molecular weight is 353 g/mol. The predicted octanol–water partition coefficient (Wildman–Crippen LogP) is 1.06. The first-order valence-electron chi connectivity index (χ1n) is 8.28. The molecule has 3 N–H and O–H groups in total.